The van der Waals surface area contributed by atoms with Crippen molar-refractivity contribution in [2.75, 3.05) is 32.1 Å². The molecule has 2 aliphatic rings. The Labute approximate surface area is 132 Å². The SMILES string of the molecule is COCC(=O)N1CC[C@]2(C1)C(=O)Nc1cc(Cl)c(Cl)cc12. The number of anilines is 1. The Morgan fingerprint density at radius 2 is 2.14 bits per heavy atom. The number of likely N-dealkylation sites (tertiary alicyclic amines) is 1. The fourth-order valence-electron chi connectivity index (χ4n) is 3.05. The van der Waals surface area contributed by atoms with Crippen molar-refractivity contribution in [3.8, 4) is 0 Å². The summed E-state index contributed by atoms with van der Waals surface area (Å²) in [5.41, 5.74) is 0.762. The Bertz CT molecular complexity index is 635. The Kier molecular flexibility index (Phi) is 3.59. The van der Waals surface area contributed by atoms with Crippen LogP contribution in [0.1, 0.15) is 12.0 Å². The molecule has 112 valence electrons. The fraction of sp³-hybridized carbons (Fsp3) is 0.429. The highest BCUT2D eigenvalue weighted by Gasteiger charge is 2.52. The van der Waals surface area contributed by atoms with Crippen LogP contribution < -0.4 is 5.32 Å². The van der Waals surface area contributed by atoms with Crippen molar-refractivity contribution in [1.82, 2.24) is 4.90 Å². The Balaban J connectivity index is 1.96. The number of halogens is 2. The lowest BCUT2D eigenvalue weighted by molar-refractivity contribution is -0.134. The second kappa shape index (κ2) is 5.16. The predicted molar refractivity (Wildman–Crippen MR) is 79.8 cm³/mol. The molecule has 0 unspecified atom stereocenters. The third-order valence-corrected chi connectivity index (χ3v) is 4.87. The van der Waals surface area contributed by atoms with Gasteiger partial charge in [0.15, 0.2) is 0 Å². The number of nitrogens with zero attached hydrogens (tertiary/aromatic N) is 1. The van der Waals surface area contributed by atoms with Crippen LogP contribution in [0.2, 0.25) is 10.0 Å². The van der Waals surface area contributed by atoms with Crippen LogP contribution in [0.5, 0.6) is 0 Å². The zero-order valence-corrected chi connectivity index (χ0v) is 12.9. The summed E-state index contributed by atoms with van der Waals surface area (Å²) in [7, 11) is 1.48. The van der Waals surface area contributed by atoms with Gasteiger partial charge in [-0.05, 0) is 24.1 Å². The highest BCUT2D eigenvalue weighted by Crippen LogP contribution is 2.46. The highest BCUT2D eigenvalue weighted by atomic mass is 35.5. The molecular formula is C14H14Cl2N2O3. The summed E-state index contributed by atoms with van der Waals surface area (Å²) < 4.78 is 4.87. The summed E-state index contributed by atoms with van der Waals surface area (Å²) in [4.78, 5) is 26.0. The first-order chi connectivity index (χ1) is 9.98. The number of ether oxygens (including phenoxy) is 1. The van der Waals surface area contributed by atoms with E-state index >= 15 is 0 Å². The molecule has 0 saturated carbocycles. The molecule has 3 rings (SSSR count). The van der Waals surface area contributed by atoms with Gasteiger partial charge >= 0.3 is 0 Å². The van der Waals surface area contributed by atoms with Gasteiger partial charge in [0.1, 0.15) is 6.61 Å². The van der Waals surface area contributed by atoms with Gasteiger partial charge in [-0.2, -0.15) is 0 Å². The van der Waals surface area contributed by atoms with Crippen molar-refractivity contribution in [3.63, 3.8) is 0 Å². The quantitative estimate of drug-likeness (QED) is 0.904. The third-order valence-electron chi connectivity index (χ3n) is 4.15. The monoisotopic (exact) mass is 328 g/mol. The minimum absolute atomic E-state index is 0.0198. The second-order valence-electron chi connectivity index (χ2n) is 5.35. The first kappa shape index (κ1) is 14.6. The van der Waals surface area contributed by atoms with Gasteiger partial charge < -0.3 is 15.0 Å². The van der Waals surface area contributed by atoms with Gasteiger partial charge in [-0.15, -0.1) is 0 Å². The molecule has 1 spiro atoms. The summed E-state index contributed by atoms with van der Waals surface area (Å²) in [5.74, 6) is -0.223. The zero-order chi connectivity index (χ0) is 15.2. The van der Waals surface area contributed by atoms with Crippen molar-refractivity contribution < 1.29 is 14.3 Å². The van der Waals surface area contributed by atoms with Crippen LogP contribution in [0.4, 0.5) is 5.69 Å². The van der Waals surface area contributed by atoms with E-state index in [1.807, 2.05) is 0 Å². The van der Waals surface area contributed by atoms with E-state index in [1.165, 1.54) is 7.11 Å². The van der Waals surface area contributed by atoms with Gasteiger partial charge in [0.05, 0.1) is 15.5 Å². The van der Waals surface area contributed by atoms with Crippen LogP contribution in [0, 0.1) is 0 Å². The Hall–Kier alpha value is -1.30. The number of hydrogen-bond acceptors (Lipinski definition) is 3. The maximum absolute atomic E-state index is 12.4. The standard InChI is InChI=1S/C14H14Cl2N2O3/c1-21-6-12(19)18-3-2-14(7-18)8-4-9(15)10(16)5-11(8)17-13(14)20/h4-5H,2-3,6-7H2,1H3,(H,17,20)/t14-/m1/s1. The molecule has 0 aromatic heterocycles. The average Bonchev–Trinajstić information content (AvgIpc) is 2.98. The number of carbonyl (C=O) groups excluding carboxylic acids is 2. The number of amides is 2. The lowest BCUT2D eigenvalue weighted by atomic mass is 9.81. The molecule has 1 atom stereocenters. The molecule has 7 heteroatoms. The van der Waals surface area contributed by atoms with Crippen LogP contribution in [-0.2, 0) is 19.7 Å². The minimum Gasteiger partial charge on any atom is -0.375 e. The Morgan fingerprint density at radius 1 is 1.43 bits per heavy atom. The zero-order valence-electron chi connectivity index (χ0n) is 11.4. The third kappa shape index (κ3) is 2.20. The molecule has 1 N–H and O–H groups in total. The van der Waals surface area contributed by atoms with Crippen LogP contribution in [0.15, 0.2) is 12.1 Å². The van der Waals surface area contributed by atoms with Crippen molar-refractivity contribution in [1.29, 1.82) is 0 Å². The Morgan fingerprint density at radius 3 is 2.86 bits per heavy atom. The summed E-state index contributed by atoms with van der Waals surface area (Å²) in [5, 5.41) is 3.65. The van der Waals surface area contributed by atoms with E-state index < -0.39 is 5.41 Å². The number of fused-ring (bicyclic) bond motifs is 2. The topological polar surface area (TPSA) is 58.6 Å². The van der Waals surface area contributed by atoms with E-state index in [0.29, 0.717) is 35.2 Å². The fourth-order valence-corrected chi connectivity index (χ4v) is 3.38. The number of methoxy groups -OCH3 is 1. The summed E-state index contributed by atoms with van der Waals surface area (Å²) in [6.45, 7) is 0.882. The van der Waals surface area contributed by atoms with Crippen molar-refractivity contribution >= 4 is 40.7 Å². The summed E-state index contributed by atoms with van der Waals surface area (Å²) in [6.07, 6.45) is 0.569. The van der Waals surface area contributed by atoms with E-state index in [0.717, 1.165) is 5.56 Å². The summed E-state index contributed by atoms with van der Waals surface area (Å²) >= 11 is 12.1. The van der Waals surface area contributed by atoms with E-state index in [9.17, 15) is 9.59 Å². The van der Waals surface area contributed by atoms with Crippen LogP contribution in [0.25, 0.3) is 0 Å². The number of hydrogen-bond donors (Lipinski definition) is 1. The molecule has 2 amide bonds. The smallest absolute Gasteiger partial charge is 0.248 e. The highest BCUT2D eigenvalue weighted by molar-refractivity contribution is 6.42. The normalized spacial score (nSPS) is 23.6. The van der Waals surface area contributed by atoms with Crippen LogP contribution in [-0.4, -0.2) is 43.5 Å². The number of carbonyl (C=O) groups is 2. The second-order valence-corrected chi connectivity index (χ2v) is 6.16. The van der Waals surface area contributed by atoms with Crippen LogP contribution >= 0.6 is 23.2 Å². The molecule has 1 aromatic carbocycles. The average molecular weight is 329 g/mol. The molecule has 21 heavy (non-hydrogen) atoms. The predicted octanol–water partition coefficient (Wildman–Crippen LogP) is 2.06. The summed E-state index contributed by atoms with van der Waals surface area (Å²) in [6, 6.07) is 3.38. The van der Waals surface area contributed by atoms with E-state index in [1.54, 1.807) is 17.0 Å². The van der Waals surface area contributed by atoms with Gasteiger partial charge in [-0.3, -0.25) is 9.59 Å². The van der Waals surface area contributed by atoms with Gasteiger partial charge in [-0.1, -0.05) is 23.2 Å². The lowest BCUT2D eigenvalue weighted by Gasteiger charge is -2.22. The number of nitrogens with one attached hydrogen (secondary N) is 1. The van der Waals surface area contributed by atoms with Crippen molar-refractivity contribution in [3.05, 3.63) is 27.7 Å². The maximum atomic E-state index is 12.4. The minimum atomic E-state index is -0.729. The van der Waals surface area contributed by atoms with Crippen molar-refractivity contribution in [2.24, 2.45) is 0 Å². The van der Waals surface area contributed by atoms with Gasteiger partial charge in [0.2, 0.25) is 11.8 Å². The lowest BCUT2D eigenvalue weighted by Crippen LogP contribution is -2.40. The molecule has 0 bridgehead atoms. The maximum Gasteiger partial charge on any atom is 0.248 e. The largest absolute Gasteiger partial charge is 0.375 e. The molecular weight excluding hydrogens is 315 g/mol. The van der Waals surface area contributed by atoms with Crippen LogP contribution in [0.3, 0.4) is 0 Å². The molecule has 1 fully saturated rings. The van der Waals surface area contributed by atoms with E-state index in [4.69, 9.17) is 27.9 Å². The molecule has 0 radical (unpaired) electrons. The molecule has 1 saturated heterocycles. The molecule has 1 aromatic rings. The van der Waals surface area contributed by atoms with Gasteiger partial charge in [0, 0.05) is 25.9 Å². The van der Waals surface area contributed by atoms with Gasteiger partial charge in [-0.25, -0.2) is 0 Å². The number of benzene rings is 1. The van der Waals surface area contributed by atoms with E-state index in [2.05, 4.69) is 5.32 Å². The number of rotatable bonds is 2. The van der Waals surface area contributed by atoms with Crippen molar-refractivity contribution in [2.45, 2.75) is 11.8 Å². The first-order valence-corrected chi connectivity index (χ1v) is 7.31. The molecule has 0 aliphatic carbocycles. The molecule has 5 nitrogen and oxygen atoms in total. The molecule has 2 heterocycles. The van der Waals surface area contributed by atoms with E-state index in [-0.39, 0.29) is 18.4 Å². The van der Waals surface area contributed by atoms with Gasteiger partial charge in [0.25, 0.3) is 0 Å². The first-order valence-electron chi connectivity index (χ1n) is 6.55. The molecule has 2 aliphatic heterocycles.